The maximum absolute atomic E-state index is 12.5. The molecule has 1 atom stereocenters. The van der Waals surface area contributed by atoms with Gasteiger partial charge in [0.2, 0.25) is 11.7 Å². The van der Waals surface area contributed by atoms with Gasteiger partial charge in [0.05, 0.1) is 27.1 Å². The summed E-state index contributed by atoms with van der Waals surface area (Å²) in [5.41, 5.74) is 1.01. The predicted octanol–water partition coefficient (Wildman–Crippen LogP) is 3.16. The quantitative estimate of drug-likeness (QED) is 0.675. The zero-order chi connectivity index (χ0) is 19.2. The van der Waals surface area contributed by atoms with Crippen LogP contribution >= 0.6 is 11.8 Å². The molecule has 0 aromatic heterocycles. The van der Waals surface area contributed by atoms with Crippen LogP contribution in [0.3, 0.4) is 0 Å². The zero-order valence-electron chi connectivity index (χ0n) is 16.5. The second-order valence-electron chi connectivity index (χ2n) is 6.97. The van der Waals surface area contributed by atoms with Crippen LogP contribution in [0.15, 0.2) is 12.1 Å². The molecule has 1 aromatic carbocycles. The van der Waals surface area contributed by atoms with Crippen molar-refractivity contribution in [2.45, 2.75) is 31.1 Å². The first-order valence-corrected chi connectivity index (χ1v) is 10.7. The van der Waals surface area contributed by atoms with E-state index in [4.69, 9.17) is 14.2 Å². The van der Waals surface area contributed by atoms with Crippen molar-refractivity contribution in [2.75, 3.05) is 53.3 Å². The Morgan fingerprint density at radius 1 is 1.00 bits per heavy atom. The minimum absolute atomic E-state index is 0.00689. The Balaban J connectivity index is 1.71. The largest absolute Gasteiger partial charge is 0.493 e. The molecule has 7 heteroatoms. The van der Waals surface area contributed by atoms with E-state index in [0.717, 1.165) is 25.1 Å². The summed E-state index contributed by atoms with van der Waals surface area (Å²) in [5.74, 6) is 2.55. The van der Waals surface area contributed by atoms with Crippen LogP contribution in [0.5, 0.6) is 17.2 Å². The van der Waals surface area contributed by atoms with Gasteiger partial charge in [0.1, 0.15) is 5.37 Å². The molecule has 0 spiro atoms. The van der Waals surface area contributed by atoms with E-state index in [1.54, 1.807) is 33.1 Å². The summed E-state index contributed by atoms with van der Waals surface area (Å²) in [6, 6.07) is 3.91. The summed E-state index contributed by atoms with van der Waals surface area (Å²) in [6.07, 6.45) is 4.95. The lowest BCUT2D eigenvalue weighted by molar-refractivity contribution is -0.128. The average Bonchev–Trinajstić information content (AvgIpc) is 3.08. The second-order valence-corrected chi connectivity index (χ2v) is 8.03. The molecule has 3 rings (SSSR count). The topological polar surface area (TPSA) is 51.2 Å². The van der Waals surface area contributed by atoms with E-state index >= 15 is 0 Å². The van der Waals surface area contributed by atoms with Crippen LogP contribution in [0.4, 0.5) is 0 Å². The van der Waals surface area contributed by atoms with Gasteiger partial charge in [-0.3, -0.25) is 4.79 Å². The van der Waals surface area contributed by atoms with Gasteiger partial charge in [-0.1, -0.05) is 6.42 Å². The molecule has 0 saturated carbocycles. The van der Waals surface area contributed by atoms with Gasteiger partial charge >= 0.3 is 0 Å². The van der Waals surface area contributed by atoms with Crippen molar-refractivity contribution in [3.8, 4) is 17.2 Å². The van der Waals surface area contributed by atoms with E-state index in [-0.39, 0.29) is 11.3 Å². The standard InChI is InChI=1S/C20H30N2O4S/c1-24-16-12-15(13-17(25-2)19(16)26-3)20-22(18(23)14-27-20)11-7-10-21-8-5-4-6-9-21/h12-13,20H,4-11,14H2,1-3H3. The number of benzene rings is 1. The summed E-state index contributed by atoms with van der Waals surface area (Å²) in [4.78, 5) is 17.0. The number of ether oxygens (including phenoxy) is 3. The first kappa shape index (κ1) is 20.1. The smallest absolute Gasteiger partial charge is 0.233 e. The number of hydrogen-bond donors (Lipinski definition) is 0. The van der Waals surface area contributed by atoms with Crippen molar-refractivity contribution in [1.82, 2.24) is 9.80 Å². The molecule has 1 aromatic rings. The lowest BCUT2D eigenvalue weighted by Gasteiger charge is -2.29. The molecule has 2 saturated heterocycles. The average molecular weight is 395 g/mol. The number of likely N-dealkylation sites (tertiary alicyclic amines) is 1. The number of hydrogen-bond acceptors (Lipinski definition) is 6. The number of carbonyl (C=O) groups is 1. The Labute approximate surface area is 166 Å². The van der Waals surface area contributed by atoms with Gasteiger partial charge in [-0.2, -0.15) is 0 Å². The molecular weight excluding hydrogens is 364 g/mol. The molecule has 6 nitrogen and oxygen atoms in total. The van der Waals surface area contributed by atoms with Crippen molar-refractivity contribution in [2.24, 2.45) is 0 Å². The fourth-order valence-electron chi connectivity index (χ4n) is 3.86. The van der Waals surface area contributed by atoms with Gasteiger partial charge in [-0.05, 0) is 56.6 Å². The number of nitrogens with zero attached hydrogens (tertiary/aromatic N) is 2. The van der Waals surface area contributed by atoms with E-state index in [2.05, 4.69) is 4.90 Å². The van der Waals surface area contributed by atoms with Crippen LogP contribution in [0, 0.1) is 0 Å². The highest BCUT2D eigenvalue weighted by Crippen LogP contribution is 2.45. The lowest BCUT2D eigenvalue weighted by atomic mass is 10.1. The number of methoxy groups -OCH3 is 3. The molecule has 2 fully saturated rings. The molecule has 2 aliphatic heterocycles. The summed E-state index contributed by atoms with van der Waals surface area (Å²) < 4.78 is 16.4. The first-order valence-electron chi connectivity index (χ1n) is 9.61. The highest BCUT2D eigenvalue weighted by Gasteiger charge is 2.33. The summed E-state index contributed by atoms with van der Waals surface area (Å²) in [6.45, 7) is 4.23. The van der Waals surface area contributed by atoms with E-state index in [1.807, 2.05) is 17.0 Å². The summed E-state index contributed by atoms with van der Waals surface area (Å²) >= 11 is 1.66. The van der Waals surface area contributed by atoms with E-state index in [0.29, 0.717) is 23.0 Å². The van der Waals surface area contributed by atoms with Crippen LogP contribution in [0.2, 0.25) is 0 Å². The molecule has 2 aliphatic rings. The van der Waals surface area contributed by atoms with Crippen LogP contribution in [0.1, 0.15) is 36.6 Å². The third kappa shape index (κ3) is 4.63. The molecule has 0 bridgehead atoms. The summed E-state index contributed by atoms with van der Waals surface area (Å²) in [7, 11) is 4.83. The Hall–Kier alpha value is -1.60. The highest BCUT2D eigenvalue weighted by molar-refractivity contribution is 8.00. The Bertz CT molecular complexity index is 624. The van der Waals surface area contributed by atoms with Crippen molar-refractivity contribution in [3.05, 3.63) is 17.7 Å². The molecule has 2 heterocycles. The third-order valence-corrected chi connectivity index (χ3v) is 6.52. The number of carbonyl (C=O) groups excluding carboxylic acids is 1. The maximum Gasteiger partial charge on any atom is 0.233 e. The van der Waals surface area contributed by atoms with Gasteiger partial charge in [-0.25, -0.2) is 0 Å². The molecule has 0 aliphatic carbocycles. The third-order valence-electron chi connectivity index (χ3n) is 5.26. The van der Waals surface area contributed by atoms with Crippen molar-refractivity contribution in [3.63, 3.8) is 0 Å². The van der Waals surface area contributed by atoms with Crippen molar-refractivity contribution in [1.29, 1.82) is 0 Å². The molecule has 0 N–H and O–H groups in total. The Kier molecular flexibility index (Phi) is 7.13. The van der Waals surface area contributed by atoms with Crippen LogP contribution < -0.4 is 14.2 Å². The predicted molar refractivity (Wildman–Crippen MR) is 108 cm³/mol. The molecule has 1 amide bonds. The minimum atomic E-state index is -0.00689. The number of piperidine rings is 1. The Morgan fingerprint density at radius 2 is 1.67 bits per heavy atom. The van der Waals surface area contributed by atoms with Gasteiger partial charge in [-0.15, -0.1) is 11.8 Å². The van der Waals surface area contributed by atoms with Crippen LogP contribution in [-0.4, -0.2) is 69.0 Å². The normalized spacial score (nSPS) is 20.8. The molecule has 0 radical (unpaired) electrons. The van der Waals surface area contributed by atoms with Crippen molar-refractivity contribution >= 4 is 17.7 Å². The van der Waals surface area contributed by atoms with Crippen molar-refractivity contribution < 1.29 is 19.0 Å². The summed E-state index contributed by atoms with van der Waals surface area (Å²) in [5, 5.41) is -0.00689. The fourth-order valence-corrected chi connectivity index (χ4v) is 5.06. The number of thioether (sulfide) groups is 1. The first-order chi connectivity index (χ1) is 13.2. The van der Waals surface area contributed by atoms with Crippen LogP contribution in [0.25, 0.3) is 0 Å². The van der Waals surface area contributed by atoms with Crippen LogP contribution in [-0.2, 0) is 4.79 Å². The van der Waals surface area contributed by atoms with Gasteiger partial charge in [0.15, 0.2) is 11.5 Å². The van der Waals surface area contributed by atoms with E-state index < -0.39 is 0 Å². The zero-order valence-corrected chi connectivity index (χ0v) is 17.3. The molecular formula is C20H30N2O4S. The lowest BCUT2D eigenvalue weighted by Crippen LogP contribution is -2.34. The maximum atomic E-state index is 12.5. The SMILES string of the molecule is COc1cc(C2SCC(=O)N2CCCN2CCCCC2)cc(OC)c1OC. The fraction of sp³-hybridized carbons (Fsp3) is 0.650. The number of rotatable bonds is 8. The van der Waals surface area contributed by atoms with Gasteiger partial charge in [0.25, 0.3) is 0 Å². The molecule has 150 valence electrons. The minimum Gasteiger partial charge on any atom is -0.493 e. The van der Waals surface area contributed by atoms with Gasteiger partial charge in [0, 0.05) is 6.54 Å². The van der Waals surface area contributed by atoms with Gasteiger partial charge < -0.3 is 24.0 Å². The number of amides is 1. The highest BCUT2D eigenvalue weighted by atomic mass is 32.2. The monoisotopic (exact) mass is 394 g/mol. The second kappa shape index (κ2) is 9.55. The molecule has 27 heavy (non-hydrogen) atoms. The van der Waals surface area contributed by atoms with E-state index in [1.165, 1.54) is 32.4 Å². The van der Waals surface area contributed by atoms with E-state index in [9.17, 15) is 4.79 Å². The molecule has 1 unspecified atom stereocenters. The Morgan fingerprint density at radius 3 is 2.26 bits per heavy atom.